The molecule has 0 aromatic heterocycles. The molecule has 4 aliphatic carbocycles. The van der Waals surface area contributed by atoms with Crippen molar-refractivity contribution in [2.45, 2.75) is 49.8 Å². The molecule has 1 amide bonds. The molecule has 5 rings (SSSR count). The van der Waals surface area contributed by atoms with Crippen LogP contribution >= 0.6 is 11.8 Å². The minimum Gasteiger partial charge on any atom is -0.350 e. The summed E-state index contributed by atoms with van der Waals surface area (Å²) in [5.41, 5.74) is 1.98. The van der Waals surface area contributed by atoms with Gasteiger partial charge in [0.25, 0.3) is 0 Å². The first-order valence-electron chi connectivity index (χ1n) is 9.02. The SMILES string of the molecule is N#Cc1ccc(CSCC(=O)NC23CC4CC(CC(C4)C2)C3)cc1. The average Bonchev–Trinajstić information content (AvgIpc) is 2.53. The maximum absolute atomic E-state index is 12.4. The summed E-state index contributed by atoms with van der Waals surface area (Å²) in [5, 5.41) is 12.2. The van der Waals surface area contributed by atoms with E-state index in [1.54, 1.807) is 11.8 Å². The van der Waals surface area contributed by atoms with Crippen molar-refractivity contribution in [3.8, 4) is 6.07 Å². The third kappa shape index (κ3) is 3.32. The number of rotatable bonds is 5. The molecule has 0 unspecified atom stereocenters. The molecule has 0 saturated heterocycles. The molecule has 1 aromatic carbocycles. The summed E-state index contributed by atoms with van der Waals surface area (Å²) in [5.74, 6) is 4.14. The number of thioether (sulfide) groups is 1. The predicted molar refractivity (Wildman–Crippen MR) is 96.4 cm³/mol. The molecular weight excluding hydrogens is 316 g/mol. The molecule has 0 radical (unpaired) electrons. The number of carbonyl (C=O) groups is 1. The van der Waals surface area contributed by atoms with Crippen molar-refractivity contribution in [3.63, 3.8) is 0 Å². The summed E-state index contributed by atoms with van der Waals surface area (Å²) >= 11 is 1.66. The minimum atomic E-state index is 0.126. The molecule has 4 fully saturated rings. The highest BCUT2D eigenvalue weighted by molar-refractivity contribution is 7.99. The zero-order valence-corrected chi connectivity index (χ0v) is 14.8. The second-order valence-electron chi connectivity index (χ2n) is 8.05. The first kappa shape index (κ1) is 16.0. The van der Waals surface area contributed by atoms with Gasteiger partial charge in [-0.15, -0.1) is 11.8 Å². The van der Waals surface area contributed by atoms with Crippen LogP contribution in [0.15, 0.2) is 24.3 Å². The van der Waals surface area contributed by atoms with Gasteiger partial charge in [0.2, 0.25) is 5.91 Å². The maximum Gasteiger partial charge on any atom is 0.230 e. The minimum absolute atomic E-state index is 0.126. The summed E-state index contributed by atoms with van der Waals surface area (Å²) < 4.78 is 0. The molecule has 4 aliphatic rings. The van der Waals surface area contributed by atoms with Crippen LogP contribution in [0.2, 0.25) is 0 Å². The number of nitrogens with zero attached hydrogens (tertiary/aromatic N) is 1. The second kappa shape index (κ2) is 6.44. The number of nitriles is 1. The van der Waals surface area contributed by atoms with Crippen molar-refractivity contribution in [2.24, 2.45) is 17.8 Å². The molecule has 24 heavy (non-hydrogen) atoms. The molecule has 0 spiro atoms. The van der Waals surface area contributed by atoms with Crippen LogP contribution in [0.1, 0.15) is 49.7 Å². The average molecular weight is 340 g/mol. The Balaban J connectivity index is 1.27. The summed E-state index contributed by atoms with van der Waals surface area (Å²) in [6.07, 6.45) is 7.86. The summed E-state index contributed by atoms with van der Waals surface area (Å²) in [6.45, 7) is 0. The fourth-order valence-corrected chi connectivity index (χ4v) is 6.32. The summed E-state index contributed by atoms with van der Waals surface area (Å²) in [7, 11) is 0. The van der Waals surface area contributed by atoms with Crippen molar-refractivity contribution >= 4 is 17.7 Å². The van der Waals surface area contributed by atoms with E-state index < -0.39 is 0 Å². The lowest BCUT2D eigenvalue weighted by Crippen LogP contribution is -2.60. The molecule has 4 bridgehead atoms. The Hall–Kier alpha value is -1.47. The first-order valence-corrected chi connectivity index (χ1v) is 10.2. The molecular formula is C20H24N2OS. The van der Waals surface area contributed by atoms with Gasteiger partial charge in [0.1, 0.15) is 0 Å². The van der Waals surface area contributed by atoms with Crippen molar-refractivity contribution < 1.29 is 4.79 Å². The van der Waals surface area contributed by atoms with E-state index >= 15 is 0 Å². The summed E-state index contributed by atoms with van der Waals surface area (Å²) in [4.78, 5) is 12.4. The van der Waals surface area contributed by atoms with E-state index in [0.717, 1.165) is 23.5 Å². The van der Waals surface area contributed by atoms with Crippen LogP contribution in [0.3, 0.4) is 0 Å². The van der Waals surface area contributed by atoms with Crippen molar-refractivity contribution in [1.82, 2.24) is 5.32 Å². The van der Waals surface area contributed by atoms with Gasteiger partial charge in [0.15, 0.2) is 0 Å². The second-order valence-corrected chi connectivity index (χ2v) is 9.03. The van der Waals surface area contributed by atoms with E-state index in [1.165, 1.54) is 44.1 Å². The monoisotopic (exact) mass is 340 g/mol. The normalized spacial score (nSPS) is 33.2. The number of amides is 1. The Labute approximate surface area is 148 Å². The molecule has 0 aliphatic heterocycles. The van der Waals surface area contributed by atoms with E-state index in [2.05, 4.69) is 11.4 Å². The van der Waals surface area contributed by atoms with Crippen LogP contribution in [0.25, 0.3) is 0 Å². The van der Waals surface area contributed by atoms with E-state index in [-0.39, 0.29) is 11.4 Å². The first-order chi connectivity index (χ1) is 11.6. The van der Waals surface area contributed by atoms with E-state index in [9.17, 15) is 4.79 Å². The molecule has 3 nitrogen and oxygen atoms in total. The van der Waals surface area contributed by atoms with Crippen LogP contribution < -0.4 is 5.32 Å². The van der Waals surface area contributed by atoms with Crippen LogP contribution in [-0.4, -0.2) is 17.2 Å². The Morgan fingerprint density at radius 1 is 1.12 bits per heavy atom. The highest BCUT2D eigenvalue weighted by atomic mass is 32.2. The number of benzene rings is 1. The largest absolute Gasteiger partial charge is 0.350 e. The van der Waals surface area contributed by atoms with Crippen molar-refractivity contribution in [1.29, 1.82) is 5.26 Å². The van der Waals surface area contributed by atoms with Gasteiger partial charge < -0.3 is 5.32 Å². The lowest BCUT2D eigenvalue weighted by molar-refractivity contribution is -0.124. The smallest absolute Gasteiger partial charge is 0.230 e. The zero-order chi connectivity index (χ0) is 16.6. The van der Waals surface area contributed by atoms with Gasteiger partial charge >= 0.3 is 0 Å². The molecule has 1 aromatic rings. The third-order valence-corrected chi connectivity index (χ3v) is 7.03. The molecule has 4 saturated carbocycles. The fraction of sp³-hybridized carbons (Fsp3) is 0.600. The highest BCUT2D eigenvalue weighted by Gasteiger charge is 2.51. The standard InChI is InChI=1S/C20H24N2OS/c21-11-14-1-3-15(4-2-14)12-24-13-19(23)22-20-8-16-5-17(9-20)7-18(6-16)10-20/h1-4,16-18H,5-10,12-13H2,(H,22,23). The van der Waals surface area contributed by atoms with Gasteiger partial charge in [-0.3, -0.25) is 4.79 Å². The Morgan fingerprint density at radius 3 is 2.25 bits per heavy atom. The van der Waals surface area contributed by atoms with Gasteiger partial charge in [-0.2, -0.15) is 5.26 Å². The van der Waals surface area contributed by atoms with Gasteiger partial charge in [-0.25, -0.2) is 0 Å². The topological polar surface area (TPSA) is 52.9 Å². The Bertz CT molecular complexity index is 626. The van der Waals surface area contributed by atoms with E-state index in [4.69, 9.17) is 5.26 Å². The maximum atomic E-state index is 12.4. The number of hydrogen-bond donors (Lipinski definition) is 1. The number of hydrogen-bond acceptors (Lipinski definition) is 3. The van der Waals surface area contributed by atoms with E-state index in [1.807, 2.05) is 24.3 Å². The number of nitrogens with one attached hydrogen (secondary N) is 1. The quantitative estimate of drug-likeness (QED) is 0.885. The molecule has 126 valence electrons. The van der Waals surface area contributed by atoms with Gasteiger partial charge in [-0.1, -0.05) is 12.1 Å². The van der Waals surface area contributed by atoms with Crippen LogP contribution in [0, 0.1) is 29.1 Å². The number of carbonyl (C=O) groups excluding carboxylic acids is 1. The molecule has 1 N–H and O–H groups in total. The third-order valence-electron chi connectivity index (χ3n) is 6.03. The molecule has 4 heteroatoms. The van der Waals surface area contributed by atoms with Gasteiger partial charge in [-0.05, 0) is 74.0 Å². The van der Waals surface area contributed by atoms with Gasteiger partial charge in [0, 0.05) is 11.3 Å². The predicted octanol–water partition coefficient (Wildman–Crippen LogP) is 3.88. The Morgan fingerprint density at radius 2 is 1.71 bits per heavy atom. The van der Waals surface area contributed by atoms with Crippen molar-refractivity contribution in [2.75, 3.05) is 5.75 Å². The molecule has 0 atom stereocenters. The van der Waals surface area contributed by atoms with Gasteiger partial charge in [0.05, 0.1) is 17.4 Å². The highest BCUT2D eigenvalue weighted by Crippen LogP contribution is 2.55. The zero-order valence-electron chi connectivity index (χ0n) is 14.0. The van der Waals surface area contributed by atoms with Crippen LogP contribution in [-0.2, 0) is 10.5 Å². The summed E-state index contributed by atoms with van der Waals surface area (Å²) in [6, 6.07) is 9.76. The fourth-order valence-electron chi connectivity index (χ4n) is 5.53. The lowest BCUT2D eigenvalue weighted by atomic mass is 9.53. The lowest BCUT2D eigenvalue weighted by Gasteiger charge is -2.56. The van der Waals surface area contributed by atoms with Crippen molar-refractivity contribution in [3.05, 3.63) is 35.4 Å². The molecule has 0 heterocycles. The van der Waals surface area contributed by atoms with Crippen LogP contribution in [0.4, 0.5) is 0 Å². The van der Waals surface area contributed by atoms with Crippen LogP contribution in [0.5, 0.6) is 0 Å². The Kier molecular flexibility index (Phi) is 4.30. The van der Waals surface area contributed by atoms with E-state index in [0.29, 0.717) is 11.3 Å².